The predicted molar refractivity (Wildman–Crippen MR) is 101 cm³/mol. The van der Waals surface area contributed by atoms with Crippen molar-refractivity contribution in [2.24, 2.45) is 0 Å². The molecule has 1 aromatic heterocycles. The zero-order valence-corrected chi connectivity index (χ0v) is 15.4. The topological polar surface area (TPSA) is 105 Å². The lowest BCUT2D eigenvalue weighted by molar-refractivity contribution is 0.102. The van der Waals surface area contributed by atoms with Gasteiger partial charge in [-0.2, -0.15) is 5.10 Å². The number of aromatic nitrogens is 2. The number of sulfonamides is 1. The molecule has 1 unspecified atom stereocenters. The van der Waals surface area contributed by atoms with Crippen LogP contribution < -0.4 is 15.4 Å². The van der Waals surface area contributed by atoms with Crippen LogP contribution in [0.15, 0.2) is 36.5 Å². The van der Waals surface area contributed by atoms with Gasteiger partial charge in [0.25, 0.3) is 5.91 Å². The van der Waals surface area contributed by atoms with Crippen LogP contribution in [0.5, 0.6) is 0 Å². The third-order valence-electron chi connectivity index (χ3n) is 4.28. The fraction of sp³-hybridized carbons (Fsp3) is 0.412. The maximum absolute atomic E-state index is 12.4. The van der Waals surface area contributed by atoms with Crippen molar-refractivity contribution in [1.29, 1.82) is 0 Å². The van der Waals surface area contributed by atoms with Crippen molar-refractivity contribution in [3.8, 4) is 0 Å². The molecule has 0 spiro atoms. The first-order chi connectivity index (χ1) is 12.5. The highest BCUT2D eigenvalue weighted by molar-refractivity contribution is 7.92. The van der Waals surface area contributed by atoms with Gasteiger partial charge >= 0.3 is 0 Å². The third kappa shape index (κ3) is 4.61. The van der Waals surface area contributed by atoms with Gasteiger partial charge in [-0.25, -0.2) is 8.42 Å². The summed E-state index contributed by atoms with van der Waals surface area (Å²) in [5.41, 5.74) is 1.38. The molecule has 3 rings (SSSR count). The van der Waals surface area contributed by atoms with E-state index >= 15 is 0 Å². The molecule has 1 aliphatic rings. The summed E-state index contributed by atoms with van der Waals surface area (Å²) in [4.78, 5) is 12.4. The van der Waals surface area contributed by atoms with Crippen LogP contribution in [-0.4, -0.2) is 42.9 Å². The van der Waals surface area contributed by atoms with E-state index in [1.165, 1.54) is 0 Å². The number of anilines is 2. The van der Waals surface area contributed by atoms with E-state index in [-0.39, 0.29) is 17.7 Å². The molecule has 1 fully saturated rings. The van der Waals surface area contributed by atoms with Crippen molar-refractivity contribution in [2.45, 2.75) is 25.8 Å². The number of nitrogens with zero attached hydrogens (tertiary/aromatic N) is 2. The number of carbonyl (C=O) groups excluding carboxylic acids is 1. The van der Waals surface area contributed by atoms with Gasteiger partial charge in [0.15, 0.2) is 5.69 Å². The summed E-state index contributed by atoms with van der Waals surface area (Å²) in [5, 5.41) is 10.5. The number of piperidine rings is 1. The van der Waals surface area contributed by atoms with Gasteiger partial charge in [-0.15, -0.1) is 0 Å². The molecule has 1 amide bonds. The summed E-state index contributed by atoms with van der Waals surface area (Å²) in [6, 6.07) is 8.48. The highest BCUT2D eigenvalue weighted by atomic mass is 32.2. The Morgan fingerprint density at radius 1 is 1.27 bits per heavy atom. The fourth-order valence-corrected chi connectivity index (χ4v) is 3.43. The van der Waals surface area contributed by atoms with Crippen LogP contribution in [0.4, 0.5) is 11.4 Å². The summed E-state index contributed by atoms with van der Waals surface area (Å²) in [5.74, 6) is -0.292. The number of hydrogen-bond donors (Lipinski definition) is 3. The van der Waals surface area contributed by atoms with Gasteiger partial charge in [0.2, 0.25) is 10.0 Å². The first kappa shape index (κ1) is 18.4. The Bertz CT molecular complexity index is 855. The largest absolute Gasteiger partial charge is 0.321 e. The van der Waals surface area contributed by atoms with E-state index in [0.717, 1.165) is 25.9 Å². The predicted octanol–water partition coefficient (Wildman–Crippen LogP) is 1.82. The molecule has 2 heterocycles. The molecule has 9 heteroatoms. The van der Waals surface area contributed by atoms with Crippen molar-refractivity contribution in [3.05, 3.63) is 42.2 Å². The molecular weight excluding hydrogens is 354 g/mol. The first-order valence-electron chi connectivity index (χ1n) is 8.64. The van der Waals surface area contributed by atoms with Gasteiger partial charge in [-0.05, 0) is 56.6 Å². The first-order valence-corrected chi connectivity index (χ1v) is 10.3. The van der Waals surface area contributed by atoms with Gasteiger partial charge in [-0.1, -0.05) is 0 Å². The Balaban J connectivity index is 1.62. The SMILES string of the molecule is CCS(=O)(=O)Nc1ccc(NC(=O)c2ccn(C3CCCNC3)n2)cc1. The summed E-state index contributed by atoms with van der Waals surface area (Å²) < 4.78 is 27.4. The molecule has 3 N–H and O–H groups in total. The number of carbonyl (C=O) groups is 1. The van der Waals surface area contributed by atoms with E-state index in [9.17, 15) is 13.2 Å². The highest BCUT2D eigenvalue weighted by Crippen LogP contribution is 2.18. The Kier molecular flexibility index (Phi) is 5.58. The van der Waals surface area contributed by atoms with Crippen LogP contribution in [-0.2, 0) is 10.0 Å². The maximum atomic E-state index is 12.4. The van der Waals surface area contributed by atoms with Gasteiger partial charge in [0, 0.05) is 24.1 Å². The van der Waals surface area contributed by atoms with E-state index < -0.39 is 10.0 Å². The Labute approximate surface area is 153 Å². The molecule has 140 valence electrons. The standard InChI is InChI=1S/C17H23N5O3S/c1-2-26(24,25)21-14-7-5-13(6-8-14)19-17(23)16-9-11-22(20-16)15-4-3-10-18-12-15/h5-9,11,15,18,21H,2-4,10,12H2,1H3,(H,19,23). The van der Waals surface area contributed by atoms with Crippen molar-refractivity contribution in [3.63, 3.8) is 0 Å². The second-order valence-electron chi connectivity index (χ2n) is 6.22. The average molecular weight is 377 g/mol. The average Bonchev–Trinajstić information content (AvgIpc) is 3.14. The molecule has 1 saturated heterocycles. The van der Waals surface area contributed by atoms with Crippen molar-refractivity contribution in [1.82, 2.24) is 15.1 Å². The second kappa shape index (κ2) is 7.88. The minimum atomic E-state index is -3.31. The Hall–Kier alpha value is -2.39. The minimum Gasteiger partial charge on any atom is -0.321 e. The van der Waals surface area contributed by atoms with Crippen LogP contribution >= 0.6 is 0 Å². The molecule has 2 aromatic rings. The molecule has 0 radical (unpaired) electrons. The summed E-state index contributed by atoms with van der Waals surface area (Å²) in [6.45, 7) is 3.45. The van der Waals surface area contributed by atoms with Crippen molar-refractivity contribution < 1.29 is 13.2 Å². The van der Waals surface area contributed by atoms with Gasteiger partial charge in [-0.3, -0.25) is 14.2 Å². The van der Waals surface area contributed by atoms with Crippen molar-refractivity contribution >= 4 is 27.3 Å². The normalized spacial score (nSPS) is 17.7. The van der Waals surface area contributed by atoms with Crippen LogP contribution in [0.2, 0.25) is 0 Å². The third-order valence-corrected chi connectivity index (χ3v) is 5.59. The summed E-state index contributed by atoms with van der Waals surface area (Å²) in [7, 11) is -3.31. The number of benzene rings is 1. The van der Waals surface area contributed by atoms with Crippen LogP contribution in [0.3, 0.4) is 0 Å². The number of nitrogens with one attached hydrogen (secondary N) is 3. The lowest BCUT2D eigenvalue weighted by Crippen LogP contribution is -2.32. The second-order valence-corrected chi connectivity index (χ2v) is 8.23. The van der Waals surface area contributed by atoms with Gasteiger partial charge < -0.3 is 10.6 Å². The van der Waals surface area contributed by atoms with E-state index in [4.69, 9.17) is 0 Å². The van der Waals surface area contributed by atoms with E-state index in [1.807, 2.05) is 10.9 Å². The Morgan fingerprint density at radius 2 is 2.00 bits per heavy atom. The molecule has 0 saturated carbocycles. The quantitative estimate of drug-likeness (QED) is 0.712. The molecule has 1 atom stereocenters. The molecule has 0 aliphatic carbocycles. The fourth-order valence-electron chi connectivity index (χ4n) is 2.79. The maximum Gasteiger partial charge on any atom is 0.276 e. The molecular formula is C17H23N5O3S. The zero-order chi connectivity index (χ0) is 18.6. The van der Waals surface area contributed by atoms with E-state index in [2.05, 4.69) is 20.5 Å². The van der Waals surface area contributed by atoms with Crippen molar-refractivity contribution in [2.75, 3.05) is 28.9 Å². The molecule has 1 aromatic carbocycles. The van der Waals surface area contributed by atoms with E-state index in [1.54, 1.807) is 37.3 Å². The summed E-state index contributed by atoms with van der Waals surface area (Å²) >= 11 is 0. The molecule has 26 heavy (non-hydrogen) atoms. The zero-order valence-electron chi connectivity index (χ0n) is 14.6. The van der Waals surface area contributed by atoms with Gasteiger partial charge in [0.1, 0.15) is 0 Å². The van der Waals surface area contributed by atoms with Gasteiger partial charge in [0.05, 0.1) is 11.8 Å². The minimum absolute atomic E-state index is 0.00462. The van der Waals surface area contributed by atoms with Crippen LogP contribution in [0.1, 0.15) is 36.3 Å². The monoisotopic (exact) mass is 377 g/mol. The lowest BCUT2D eigenvalue weighted by Gasteiger charge is -2.22. The number of rotatable bonds is 6. The molecule has 1 aliphatic heterocycles. The highest BCUT2D eigenvalue weighted by Gasteiger charge is 2.17. The lowest BCUT2D eigenvalue weighted by atomic mass is 10.1. The Morgan fingerprint density at radius 3 is 2.65 bits per heavy atom. The summed E-state index contributed by atoms with van der Waals surface area (Å²) in [6.07, 6.45) is 3.97. The number of amides is 1. The smallest absolute Gasteiger partial charge is 0.276 e. The van der Waals surface area contributed by atoms with Crippen LogP contribution in [0.25, 0.3) is 0 Å². The van der Waals surface area contributed by atoms with E-state index in [0.29, 0.717) is 17.1 Å². The molecule has 8 nitrogen and oxygen atoms in total. The number of hydrogen-bond acceptors (Lipinski definition) is 5. The molecule has 0 bridgehead atoms. The van der Waals surface area contributed by atoms with Crippen LogP contribution in [0, 0.1) is 0 Å².